The van der Waals surface area contributed by atoms with E-state index in [2.05, 4.69) is 4.57 Å². The number of hydrogen-bond acceptors (Lipinski definition) is 5. The first-order chi connectivity index (χ1) is 13.3. The number of rotatable bonds is 4. The molecule has 146 valence electrons. The Hall–Kier alpha value is -2.38. The fourth-order valence-electron chi connectivity index (χ4n) is 3.42. The molecule has 0 unspecified atom stereocenters. The average molecular weight is 415 g/mol. The molecule has 0 aliphatic carbocycles. The van der Waals surface area contributed by atoms with Crippen molar-refractivity contribution in [1.82, 2.24) is 9.47 Å². The van der Waals surface area contributed by atoms with Gasteiger partial charge in [0.25, 0.3) is 5.91 Å². The molecule has 0 N–H and O–H groups in total. The van der Waals surface area contributed by atoms with Crippen LogP contribution >= 0.6 is 24.0 Å². The fourth-order valence-corrected chi connectivity index (χ4v) is 4.79. The first-order valence-electron chi connectivity index (χ1n) is 8.92. The van der Waals surface area contributed by atoms with E-state index in [1.165, 1.54) is 18.9 Å². The molecule has 1 fully saturated rings. The summed E-state index contributed by atoms with van der Waals surface area (Å²) in [6, 6.07) is 7.62. The number of ether oxygens (including phenoxy) is 1. The summed E-state index contributed by atoms with van der Waals surface area (Å²) in [5.41, 5.74) is 5.26. The number of aryl methyl sites for hydroxylation is 1. The van der Waals surface area contributed by atoms with E-state index in [0.29, 0.717) is 21.3 Å². The van der Waals surface area contributed by atoms with Crippen molar-refractivity contribution in [3.05, 3.63) is 57.2 Å². The smallest absolute Gasteiger partial charge is 0.338 e. The molecular weight excluding hydrogens is 392 g/mol. The van der Waals surface area contributed by atoms with E-state index in [1.54, 1.807) is 11.0 Å². The van der Waals surface area contributed by atoms with E-state index in [4.69, 9.17) is 17.0 Å². The summed E-state index contributed by atoms with van der Waals surface area (Å²) in [5.74, 6) is -0.406. The zero-order chi connectivity index (χ0) is 20.6. The Bertz CT molecular complexity index is 1020. The number of aromatic nitrogens is 1. The molecule has 7 heteroatoms. The van der Waals surface area contributed by atoms with E-state index >= 15 is 0 Å². The molecule has 0 saturated carbocycles. The van der Waals surface area contributed by atoms with Crippen LogP contribution in [0.15, 0.2) is 29.2 Å². The lowest BCUT2D eigenvalue weighted by molar-refractivity contribution is -0.121. The number of esters is 1. The largest absolute Gasteiger partial charge is 0.465 e. The Labute approximate surface area is 174 Å². The minimum absolute atomic E-state index is 0.0498. The molecule has 5 nitrogen and oxygen atoms in total. The molecule has 28 heavy (non-hydrogen) atoms. The van der Waals surface area contributed by atoms with Gasteiger partial charge in [0.15, 0.2) is 0 Å². The third-order valence-corrected chi connectivity index (χ3v) is 6.28. The fraction of sp³-hybridized carbons (Fsp3) is 0.286. The summed E-state index contributed by atoms with van der Waals surface area (Å²) < 4.78 is 7.57. The van der Waals surface area contributed by atoms with Crippen molar-refractivity contribution >= 4 is 46.3 Å². The number of thiocarbonyl (C=S) groups is 1. The molecule has 0 atom stereocenters. The summed E-state index contributed by atoms with van der Waals surface area (Å²) in [6.07, 6.45) is 1.90. The van der Waals surface area contributed by atoms with Crippen LogP contribution < -0.4 is 0 Å². The highest BCUT2D eigenvalue weighted by molar-refractivity contribution is 8.26. The Balaban J connectivity index is 2.08. The topological polar surface area (TPSA) is 51.5 Å². The molecule has 1 saturated heterocycles. The van der Waals surface area contributed by atoms with Crippen molar-refractivity contribution in [1.29, 1.82) is 0 Å². The highest BCUT2D eigenvalue weighted by Gasteiger charge is 2.31. The molecule has 3 rings (SSSR count). The highest BCUT2D eigenvalue weighted by atomic mass is 32.2. The molecule has 0 spiro atoms. The van der Waals surface area contributed by atoms with Crippen molar-refractivity contribution in [2.75, 3.05) is 13.7 Å². The highest BCUT2D eigenvalue weighted by Crippen LogP contribution is 2.34. The number of amides is 1. The van der Waals surface area contributed by atoms with E-state index in [-0.39, 0.29) is 11.9 Å². The number of likely N-dealkylation sites (N-methyl/N-ethyl adjacent to an activating group) is 1. The third kappa shape index (κ3) is 3.40. The number of methoxy groups -OCH3 is 1. The quantitative estimate of drug-likeness (QED) is 0.421. The van der Waals surface area contributed by atoms with Crippen molar-refractivity contribution < 1.29 is 14.3 Å². The maximum Gasteiger partial charge on any atom is 0.338 e. The van der Waals surface area contributed by atoms with E-state index in [1.807, 2.05) is 52.0 Å². The summed E-state index contributed by atoms with van der Waals surface area (Å²) in [7, 11) is 1.38. The van der Waals surface area contributed by atoms with Gasteiger partial charge in [0.05, 0.1) is 17.6 Å². The minimum Gasteiger partial charge on any atom is -0.465 e. The second-order valence-electron chi connectivity index (χ2n) is 6.53. The SMILES string of the molecule is CCN1C(=O)/C(=C/c2cc(C)n(-c3cccc(C(=O)OC)c3C)c2C)SC1=S. The number of hydrogen-bond donors (Lipinski definition) is 0. The lowest BCUT2D eigenvalue weighted by atomic mass is 10.1. The monoisotopic (exact) mass is 414 g/mol. The van der Waals surface area contributed by atoms with Crippen LogP contribution in [0.2, 0.25) is 0 Å². The molecule has 0 radical (unpaired) electrons. The Morgan fingerprint density at radius 1 is 1.29 bits per heavy atom. The number of carbonyl (C=O) groups excluding carboxylic acids is 2. The van der Waals surface area contributed by atoms with Gasteiger partial charge in [0, 0.05) is 23.6 Å². The molecule has 1 amide bonds. The van der Waals surface area contributed by atoms with Gasteiger partial charge in [-0.3, -0.25) is 9.69 Å². The van der Waals surface area contributed by atoms with Gasteiger partial charge in [-0.05, 0) is 63.1 Å². The van der Waals surface area contributed by atoms with Crippen LogP contribution in [0, 0.1) is 20.8 Å². The molecule has 2 heterocycles. The molecule has 1 aliphatic heterocycles. The van der Waals surface area contributed by atoms with Gasteiger partial charge in [-0.2, -0.15) is 0 Å². The summed E-state index contributed by atoms with van der Waals surface area (Å²) in [6.45, 7) is 8.40. The molecule has 1 aromatic carbocycles. The van der Waals surface area contributed by atoms with Gasteiger partial charge in [-0.1, -0.05) is 30.0 Å². The van der Waals surface area contributed by atoms with Crippen LogP contribution in [-0.4, -0.2) is 39.3 Å². The van der Waals surface area contributed by atoms with Crippen LogP contribution in [-0.2, 0) is 9.53 Å². The Morgan fingerprint density at radius 2 is 2.00 bits per heavy atom. The van der Waals surface area contributed by atoms with Crippen LogP contribution in [0.3, 0.4) is 0 Å². The van der Waals surface area contributed by atoms with Crippen molar-refractivity contribution in [2.45, 2.75) is 27.7 Å². The molecule has 2 aromatic rings. The molecular formula is C21H22N2O3S2. The van der Waals surface area contributed by atoms with Crippen molar-refractivity contribution in [2.24, 2.45) is 0 Å². The maximum absolute atomic E-state index is 12.5. The van der Waals surface area contributed by atoms with Crippen LogP contribution in [0.4, 0.5) is 0 Å². The van der Waals surface area contributed by atoms with Crippen molar-refractivity contribution in [3.8, 4) is 5.69 Å². The van der Waals surface area contributed by atoms with Gasteiger partial charge in [-0.25, -0.2) is 4.79 Å². The van der Waals surface area contributed by atoms with Gasteiger partial charge in [0.2, 0.25) is 0 Å². The predicted molar refractivity (Wildman–Crippen MR) is 117 cm³/mol. The van der Waals surface area contributed by atoms with Crippen LogP contribution in [0.1, 0.15) is 39.8 Å². The molecule has 1 aromatic heterocycles. The second kappa shape index (κ2) is 7.93. The maximum atomic E-state index is 12.5. The number of nitrogens with zero attached hydrogens (tertiary/aromatic N) is 2. The Morgan fingerprint density at radius 3 is 2.61 bits per heavy atom. The lowest BCUT2D eigenvalue weighted by Gasteiger charge is -2.15. The normalized spacial score (nSPS) is 15.6. The van der Waals surface area contributed by atoms with E-state index < -0.39 is 0 Å². The van der Waals surface area contributed by atoms with Gasteiger partial charge >= 0.3 is 5.97 Å². The first-order valence-corrected chi connectivity index (χ1v) is 10.1. The number of carbonyl (C=O) groups is 2. The zero-order valence-corrected chi connectivity index (χ0v) is 18.2. The lowest BCUT2D eigenvalue weighted by Crippen LogP contribution is -2.27. The number of thioether (sulfide) groups is 1. The van der Waals surface area contributed by atoms with Crippen molar-refractivity contribution in [3.63, 3.8) is 0 Å². The van der Waals surface area contributed by atoms with E-state index in [0.717, 1.165) is 28.2 Å². The molecule has 0 bridgehead atoms. The predicted octanol–water partition coefficient (Wildman–Crippen LogP) is 4.41. The van der Waals surface area contributed by atoms with Gasteiger partial charge < -0.3 is 9.30 Å². The van der Waals surface area contributed by atoms with E-state index in [9.17, 15) is 9.59 Å². The summed E-state index contributed by atoms with van der Waals surface area (Å²) in [5, 5.41) is 0. The first kappa shape index (κ1) is 20.4. The Kier molecular flexibility index (Phi) is 5.76. The van der Waals surface area contributed by atoms with Crippen LogP contribution in [0.5, 0.6) is 0 Å². The summed E-state index contributed by atoms with van der Waals surface area (Å²) >= 11 is 6.63. The average Bonchev–Trinajstić information content (AvgIpc) is 3.09. The third-order valence-electron chi connectivity index (χ3n) is 4.90. The van der Waals surface area contributed by atoms with Crippen LogP contribution in [0.25, 0.3) is 11.8 Å². The second-order valence-corrected chi connectivity index (χ2v) is 8.20. The van der Waals surface area contributed by atoms with Gasteiger partial charge in [-0.15, -0.1) is 0 Å². The molecule has 1 aliphatic rings. The standard InChI is InChI=1S/C21H22N2O3S2/c1-6-22-19(24)18(28-21(22)27)11-15-10-12(2)23(14(15)4)17-9-7-8-16(13(17)3)20(25)26-5/h7-11H,6H2,1-5H3/b18-11-. The number of benzene rings is 1. The summed E-state index contributed by atoms with van der Waals surface area (Å²) in [4.78, 5) is 26.8. The van der Waals surface area contributed by atoms with Gasteiger partial charge in [0.1, 0.15) is 4.32 Å². The zero-order valence-electron chi connectivity index (χ0n) is 16.5. The minimum atomic E-state index is -0.356.